The van der Waals surface area contributed by atoms with Gasteiger partial charge in [-0.25, -0.2) is 9.37 Å². The van der Waals surface area contributed by atoms with Crippen molar-refractivity contribution in [3.8, 4) is 22.4 Å². The number of hydrogen-bond acceptors (Lipinski definition) is 3. The number of halogens is 1. The smallest absolute Gasteiger partial charge is 0.160 e. The first-order valence-corrected chi connectivity index (χ1v) is 8.65. The van der Waals surface area contributed by atoms with Crippen molar-refractivity contribution in [2.75, 3.05) is 0 Å². The highest BCUT2D eigenvalue weighted by molar-refractivity contribution is 6.08. The highest BCUT2D eigenvalue weighted by atomic mass is 19.1. The zero-order chi connectivity index (χ0) is 19.0. The van der Waals surface area contributed by atoms with Gasteiger partial charge < -0.3 is 0 Å². The molecule has 0 atom stereocenters. The Morgan fingerprint density at radius 1 is 0.926 bits per heavy atom. The van der Waals surface area contributed by atoms with E-state index < -0.39 is 0 Å². The molecular weight excluding hydrogens is 339 g/mol. The Hall–Kier alpha value is -3.40. The molecule has 0 saturated carbocycles. The van der Waals surface area contributed by atoms with Crippen LogP contribution in [0.4, 0.5) is 4.39 Å². The predicted molar refractivity (Wildman–Crippen MR) is 105 cm³/mol. The van der Waals surface area contributed by atoms with Gasteiger partial charge in [0.25, 0.3) is 0 Å². The van der Waals surface area contributed by atoms with Crippen LogP contribution in [0.1, 0.15) is 22.8 Å². The van der Waals surface area contributed by atoms with E-state index in [0.717, 1.165) is 38.9 Å². The first-order chi connectivity index (χ1) is 13.0. The summed E-state index contributed by atoms with van der Waals surface area (Å²) < 4.78 is 13.4. The maximum absolute atomic E-state index is 13.4. The molecule has 2 aromatic carbocycles. The highest BCUT2D eigenvalue weighted by Crippen LogP contribution is 2.34. The van der Waals surface area contributed by atoms with E-state index in [9.17, 15) is 9.18 Å². The zero-order valence-electron chi connectivity index (χ0n) is 15.0. The average Bonchev–Trinajstić information content (AvgIpc) is 2.67. The molecule has 0 radical (unpaired) electrons. The third-order valence-electron chi connectivity index (χ3n) is 4.57. The summed E-state index contributed by atoms with van der Waals surface area (Å²) in [6, 6.07) is 15.9. The molecule has 132 valence electrons. The number of Topliss-reactive ketones (excluding diaryl/α,β-unsaturated/α-hetero) is 1. The summed E-state index contributed by atoms with van der Waals surface area (Å²) in [5.74, 6) is -0.301. The SMILES string of the molecule is CC(=O)c1cc(C)cc2nc(-c3ccncc3)c(-c3ccc(F)cc3)cc12. The van der Waals surface area contributed by atoms with Gasteiger partial charge in [0.05, 0.1) is 11.2 Å². The monoisotopic (exact) mass is 356 g/mol. The van der Waals surface area contributed by atoms with Crippen molar-refractivity contribution in [3.63, 3.8) is 0 Å². The minimum Gasteiger partial charge on any atom is -0.294 e. The summed E-state index contributed by atoms with van der Waals surface area (Å²) in [4.78, 5) is 21.1. The number of benzene rings is 2. The fourth-order valence-corrected chi connectivity index (χ4v) is 3.29. The molecule has 0 spiro atoms. The van der Waals surface area contributed by atoms with Crippen LogP contribution in [0.15, 0.2) is 67.0 Å². The van der Waals surface area contributed by atoms with Crippen LogP contribution in [-0.4, -0.2) is 15.8 Å². The summed E-state index contributed by atoms with van der Waals surface area (Å²) in [5, 5.41) is 0.797. The van der Waals surface area contributed by atoms with Gasteiger partial charge in [0, 0.05) is 34.5 Å². The third kappa shape index (κ3) is 3.22. The number of fused-ring (bicyclic) bond motifs is 1. The molecule has 0 aliphatic rings. The molecule has 2 aromatic heterocycles. The lowest BCUT2D eigenvalue weighted by molar-refractivity contribution is 0.101. The van der Waals surface area contributed by atoms with Crippen molar-refractivity contribution in [1.29, 1.82) is 0 Å². The quantitative estimate of drug-likeness (QED) is 0.448. The molecule has 3 nitrogen and oxygen atoms in total. The van der Waals surface area contributed by atoms with Crippen LogP contribution in [0.25, 0.3) is 33.3 Å². The number of pyridine rings is 2. The highest BCUT2D eigenvalue weighted by Gasteiger charge is 2.15. The van der Waals surface area contributed by atoms with E-state index in [4.69, 9.17) is 4.98 Å². The summed E-state index contributed by atoms with van der Waals surface area (Å²) in [7, 11) is 0. The summed E-state index contributed by atoms with van der Waals surface area (Å²) in [6.45, 7) is 3.51. The van der Waals surface area contributed by atoms with Crippen molar-refractivity contribution in [3.05, 3.63) is 83.9 Å². The predicted octanol–water partition coefficient (Wildman–Crippen LogP) is 5.61. The standard InChI is InChI=1S/C23H17FN2O/c1-14-11-19(15(2)27)21-13-20(16-3-5-18(24)6-4-16)23(26-22(21)12-14)17-7-9-25-10-8-17/h3-13H,1-2H3. The first kappa shape index (κ1) is 17.0. The molecule has 0 unspecified atom stereocenters. The lowest BCUT2D eigenvalue weighted by Crippen LogP contribution is -1.99. The molecule has 2 heterocycles. The number of aryl methyl sites for hydroxylation is 1. The Kier molecular flexibility index (Phi) is 4.24. The van der Waals surface area contributed by atoms with E-state index in [2.05, 4.69) is 4.98 Å². The Morgan fingerprint density at radius 2 is 1.63 bits per heavy atom. The van der Waals surface area contributed by atoms with Crippen molar-refractivity contribution < 1.29 is 9.18 Å². The van der Waals surface area contributed by atoms with Crippen LogP contribution < -0.4 is 0 Å². The number of carbonyl (C=O) groups is 1. The number of aromatic nitrogens is 2. The molecule has 0 fully saturated rings. The van der Waals surface area contributed by atoms with Crippen molar-refractivity contribution in [2.45, 2.75) is 13.8 Å². The van der Waals surface area contributed by atoms with Crippen LogP contribution in [-0.2, 0) is 0 Å². The van der Waals surface area contributed by atoms with E-state index in [1.165, 1.54) is 12.1 Å². The van der Waals surface area contributed by atoms with Crippen molar-refractivity contribution in [2.24, 2.45) is 0 Å². The second-order valence-corrected chi connectivity index (χ2v) is 6.56. The second-order valence-electron chi connectivity index (χ2n) is 6.56. The van der Waals surface area contributed by atoms with Crippen molar-refractivity contribution >= 4 is 16.7 Å². The van der Waals surface area contributed by atoms with E-state index in [1.807, 2.05) is 37.3 Å². The Balaban J connectivity index is 2.09. The van der Waals surface area contributed by atoms with Crippen LogP contribution in [0.5, 0.6) is 0 Å². The van der Waals surface area contributed by atoms with Crippen LogP contribution >= 0.6 is 0 Å². The molecule has 0 aliphatic carbocycles. The largest absolute Gasteiger partial charge is 0.294 e. The van der Waals surface area contributed by atoms with Gasteiger partial charge in [-0.05, 0) is 67.4 Å². The van der Waals surface area contributed by atoms with Crippen LogP contribution in [0.3, 0.4) is 0 Å². The lowest BCUT2D eigenvalue weighted by atomic mass is 9.94. The molecule has 0 aliphatic heterocycles. The number of nitrogens with zero attached hydrogens (tertiary/aromatic N) is 2. The van der Waals surface area contributed by atoms with E-state index in [-0.39, 0.29) is 11.6 Å². The van der Waals surface area contributed by atoms with Gasteiger partial charge in [0.15, 0.2) is 5.78 Å². The molecule has 0 bridgehead atoms. The van der Waals surface area contributed by atoms with Crippen LogP contribution in [0.2, 0.25) is 0 Å². The van der Waals surface area contributed by atoms with Gasteiger partial charge in [0.2, 0.25) is 0 Å². The minimum atomic E-state index is -0.294. The number of carbonyl (C=O) groups excluding carboxylic acids is 1. The zero-order valence-corrected chi connectivity index (χ0v) is 15.0. The minimum absolute atomic E-state index is 0.00721. The number of rotatable bonds is 3. The summed E-state index contributed by atoms with van der Waals surface area (Å²) in [6.07, 6.45) is 3.43. The normalized spacial score (nSPS) is 10.9. The van der Waals surface area contributed by atoms with Gasteiger partial charge in [-0.1, -0.05) is 12.1 Å². The fraction of sp³-hybridized carbons (Fsp3) is 0.0870. The first-order valence-electron chi connectivity index (χ1n) is 8.65. The number of hydrogen-bond donors (Lipinski definition) is 0. The maximum Gasteiger partial charge on any atom is 0.160 e. The molecule has 27 heavy (non-hydrogen) atoms. The Labute approximate surface area is 156 Å². The fourth-order valence-electron chi connectivity index (χ4n) is 3.29. The van der Waals surface area contributed by atoms with Gasteiger partial charge >= 0.3 is 0 Å². The maximum atomic E-state index is 13.4. The van der Waals surface area contributed by atoms with E-state index >= 15 is 0 Å². The molecule has 0 N–H and O–H groups in total. The Morgan fingerprint density at radius 3 is 2.30 bits per heavy atom. The topological polar surface area (TPSA) is 42.9 Å². The summed E-state index contributed by atoms with van der Waals surface area (Å²) in [5.41, 5.74) is 5.76. The Bertz CT molecular complexity index is 1150. The molecule has 0 saturated heterocycles. The number of ketones is 1. The van der Waals surface area contributed by atoms with Gasteiger partial charge in [-0.2, -0.15) is 0 Å². The van der Waals surface area contributed by atoms with Crippen LogP contribution in [0, 0.1) is 12.7 Å². The molecule has 4 heteroatoms. The van der Waals surface area contributed by atoms with Gasteiger partial charge in [0.1, 0.15) is 5.82 Å². The second kappa shape index (κ2) is 6.72. The molecular formula is C23H17FN2O. The molecule has 4 aromatic rings. The van der Waals surface area contributed by atoms with Gasteiger partial charge in [-0.3, -0.25) is 9.78 Å². The van der Waals surface area contributed by atoms with E-state index in [0.29, 0.717) is 5.56 Å². The molecule has 0 amide bonds. The molecule has 4 rings (SSSR count). The lowest BCUT2D eigenvalue weighted by Gasteiger charge is -2.14. The van der Waals surface area contributed by atoms with Gasteiger partial charge in [-0.15, -0.1) is 0 Å². The van der Waals surface area contributed by atoms with Crippen molar-refractivity contribution in [1.82, 2.24) is 9.97 Å². The third-order valence-corrected chi connectivity index (χ3v) is 4.57. The van der Waals surface area contributed by atoms with E-state index in [1.54, 1.807) is 31.5 Å². The average molecular weight is 356 g/mol. The summed E-state index contributed by atoms with van der Waals surface area (Å²) >= 11 is 0.